The minimum absolute atomic E-state index is 0.0936. The van der Waals surface area contributed by atoms with Crippen molar-refractivity contribution in [3.8, 4) is 5.75 Å². The van der Waals surface area contributed by atoms with Crippen LogP contribution in [0.4, 0.5) is 0 Å². The molecule has 7 nitrogen and oxygen atoms in total. The highest BCUT2D eigenvalue weighted by Gasteiger charge is 2.29. The zero-order chi connectivity index (χ0) is 25.8. The molecule has 0 spiro atoms. The highest BCUT2D eigenvalue weighted by molar-refractivity contribution is 5.96. The number of hydrogen-bond acceptors (Lipinski definition) is 5. The van der Waals surface area contributed by atoms with Gasteiger partial charge < -0.3 is 19.4 Å². The van der Waals surface area contributed by atoms with Gasteiger partial charge in [-0.05, 0) is 57.0 Å². The molecule has 0 radical (unpaired) electrons. The van der Waals surface area contributed by atoms with Crippen LogP contribution in [0, 0.1) is 6.92 Å². The van der Waals surface area contributed by atoms with E-state index in [1.807, 2.05) is 79.4 Å². The number of carbonyl (C=O) groups is 2. The molecule has 2 aromatic heterocycles. The fourth-order valence-corrected chi connectivity index (χ4v) is 4.90. The van der Waals surface area contributed by atoms with Crippen LogP contribution in [0.15, 0.2) is 71.1 Å². The molecule has 1 aliphatic rings. The first-order chi connectivity index (χ1) is 18.0. The third kappa shape index (κ3) is 5.35. The molecule has 0 atom stereocenters. The Balaban J connectivity index is 1.27. The first-order valence-electron chi connectivity index (χ1n) is 12.8. The maximum Gasteiger partial charge on any atom is 0.289 e. The van der Waals surface area contributed by atoms with Crippen molar-refractivity contribution in [1.82, 2.24) is 15.2 Å². The summed E-state index contributed by atoms with van der Waals surface area (Å²) in [6, 6.07) is 20.9. The fourth-order valence-electron chi connectivity index (χ4n) is 4.90. The predicted octanol–water partition coefficient (Wildman–Crippen LogP) is 5.48. The van der Waals surface area contributed by atoms with Crippen molar-refractivity contribution < 1.29 is 18.7 Å². The number of rotatable bonds is 7. The van der Waals surface area contributed by atoms with E-state index < -0.39 is 0 Å². The lowest BCUT2D eigenvalue weighted by molar-refractivity contribution is 0.0681. The molecular weight excluding hydrogens is 466 g/mol. The molecule has 0 saturated carbocycles. The number of furan rings is 1. The van der Waals surface area contributed by atoms with E-state index in [0.29, 0.717) is 43.1 Å². The van der Waals surface area contributed by atoms with Gasteiger partial charge in [0.15, 0.2) is 5.76 Å². The first kappa shape index (κ1) is 24.6. The largest absolute Gasteiger partial charge is 0.494 e. The molecule has 0 bridgehead atoms. The molecule has 190 valence electrons. The Bertz CT molecular complexity index is 1390. The molecular formula is C30H31N3O4. The van der Waals surface area contributed by atoms with Crippen LogP contribution in [0.25, 0.3) is 11.0 Å². The van der Waals surface area contributed by atoms with Crippen LogP contribution in [-0.2, 0) is 6.54 Å². The minimum Gasteiger partial charge on any atom is -0.494 e. The van der Waals surface area contributed by atoms with Crippen molar-refractivity contribution in [1.29, 1.82) is 0 Å². The number of pyridine rings is 1. The monoisotopic (exact) mass is 497 g/mol. The van der Waals surface area contributed by atoms with Crippen LogP contribution < -0.4 is 10.1 Å². The number of nitrogens with one attached hydrogen (secondary N) is 1. The Kier molecular flexibility index (Phi) is 7.21. The summed E-state index contributed by atoms with van der Waals surface area (Å²) < 4.78 is 11.5. The lowest BCUT2D eigenvalue weighted by atomic mass is 9.89. The number of aromatic nitrogens is 1. The highest BCUT2D eigenvalue weighted by atomic mass is 16.5. The van der Waals surface area contributed by atoms with Gasteiger partial charge in [0.05, 0.1) is 17.9 Å². The number of fused-ring (bicyclic) bond motifs is 1. The van der Waals surface area contributed by atoms with E-state index >= 15 is 0 Å². The van der Waals surface area contributed by atoms with Crippen LogP contribution >= 0.6 is 0 Å². The highest BCUT2D eigenvalue weighted by Crippen LogP contribution is 2.31. The van der Waals surface area contributed by atoms with Crippen molar-refractivity contribution in [2.24, 2.45) is 0 Å². The van der Waals surface area contributed by atoms with E-state index in [0.717, 1.165) is 40.9 Å². The lowest BCUT2D eigenvalue weighted by Crippen LogP contribution is -2.38. The molecule has 4 aromatic rings. The molecule has 2 aromatic carbocycles. The van der Waals surface area contributed by atoms with Gasteiger partial charge in [-0.2, -0.15) is 0 Å². The summed E-state index contributed by atoms with van der Waals surface area (Å²) in [5.41, 5.74) is 3.89. The van der Waals surface area contributed by atoms with Gasteiger partial charge in [0.25, 0.3) is 11.8 Å². The summed E-state index contributed by atoms with van der Waals surface area (Å²) in [7, 11) is 0. The third-order valence-corrected chi connectivity index (χ3v) is 6.83. The summed E-state index contributed by atoms with van der Waals surface area (Å²) in [4.78, 5) is 32.9. The molecule has 1 fully saturated rings. The quantitative estimate of drug-likeness (QED) is 0.365. The number of carbonyl (C=O) groups excluding carboxylic acids is 2. The van der Waals surface area contributed by atoms with Gasteiger partial charge in [0, 0.05) is 42.2 Å². The molecule has 1 saturated heterocycles. The first-order valence-corrected chi connectivity index (χ1v) is 12.8. The predicted molar refractivity (Wildman–Crippen MR) is 142 cm³/mol. The number of benzene rings is 2. The molecule has 3 heterocycles. The minimum atomic E-state index is -0.158. The second-order valence-corrected chi connectivity index (χ2v) is 9.32. The topological polar surface area (TPSA) is 84.7 Å². The van der Waals surface area contributed by atoms with E-state index in [-0.39, 0.29) is 17.7 Å². The maximum absolute atomic E-state index is 13.2. The van der Waals surface area contributed by atoms with E-state index in [9.17, 15) is 9.59 Å². The Hall–Kier alpha value is -4.13. The maximum atomic E-state index is 13.2. The van der Waals surface area contributed by atoms with Crippen molar-refractivity contribution in [3.05, 3.63) is 95.0 Å². The van der Waals surface area contributed by atoms with Crippen molar-refractivity contribution in [3.63, 3.8) is 0 Å². The average molecular weight is 498 g/mol. The van der Waals surface area contributed by atoms with E-state index in [4.69, 9.17) is 14.1 Å². The average Bonchev–Trinajstić information content (AvgIpc) is 3.37. The summed E-state index contributed by atoms with van der Waals surface area (Å²) >= 11 is 0. The Morgan fingerprint density at radius 1 is 1.05 bits per heavy atom. The number of likely N-dealkylation sites (tertiary alicyclic amines) is 1. The van der Waals surface area contributed by atoms with Gasteiger partial charge in [-0.1, -0.05) is 36.4 Å². The van der Waals surface area contributed by atoms with Crippen molar-refractivity contribution in [2.75, 3.05) is 19.7 Å². The Morgan fingerprint density at radius 3 is 2.59 bits per heavy atom. The van der Waals surface area contributed by atoms with Gasteiger partial charge in [-0.25, -0.2) is 0 Å². The molecule has 1 N–H and O–H groups in total. The fraction of sp³-hybridized carbons (Fsp3) is 0.300. The number of aryl methyl sites for hydroxylation is 1. The standard InChI is InChI=1S/C30H31N3O4/c1-3-36-25-10-6-5-9-23(25)19-31-29(34)24-13-12-20(2)32-28(24)21-14-16-33(17-15-21)30(35)27-18-22-8-4-7-11-26(22)37-27/h4-13,18,21H,3,14-17,19H2,1-2H3,(H,31,34). The smallest absolute Gasteiger partial charge is 0.289 e. The van der Waals surface area contributed by atoms with E-state index in [1.54, 1.807) is 6.07 Å². The van der Waals surface area contributed by atoms with Gasteiger partial charge in [-0.15, -0.1) is 0 Å². The molecule has 2 amide bonds. The van der Waals surface area contributed by atoms with E-state index in [1.165, 1.54) is 0 Å². The molecule has 0 aliphatic carbocycles. The Labute approximate surface area is 216 Å². The van der Waals surface area contributed by atoms with Crippen molar-refractivity contribution >= 4 is 22.8 Å². The number of hydrogen-bond donors (Lipinski definition) is 1. The van der Waals surface area contributed by atoms with Crippen LogP contribution in [0.5, 0.6) is 5.75 Å². The second-order valence-electron chi connectivity index (χ2n) is 9.32. The van der Waals surface area contributed by atoms with E-state index in [2.05, 4.69) is 5.32 Å². The zero-order valence-corrected chi connectivity index (χ0v) is 21.2. The second kappa shape index (κ2) is 10.9. The molecule has 1 aliphatic heterocycles. The number of ether oxygens (including phenoxy) is 1. The SMILES string of the molecule is CCOc1ccccc1CNC(=O)c1ccc(C)nc1C1CCN(C(=O)c2cc3ccccc3o2)CC1. The summed E-state index contributed by atoms with van der Waals surface area (Å²) in [5, 5.41) is 3.96. The number of piperidine rings is 1. The van der Waals surface area contributed by atoms with Crippen LogP contribution in [0.1, 0.15) is 63.5 Å². The van der Waals surface area contributed by atoms with Crippen molar-refractivity contribution in [2.45, 2.75) is 39.2 Å². The van der Waals surface area contributed by atoms with Crippen LogP contribution in [-0.4, -0.2) is 41.4 Å². The van der Waals surface area contributed by atoms with Crippen LogP contribution in [0.2, 0.25) is 0 Å². The molecule has 37 heavy (non-hydrogen) atoms. The van der Waals surface area contributed by atoms with Crippen LogP contribution in [0.3, 0.4) is 0 Å². The normalized spacial score (nSPS) is 14.1. The van der Waals surface area contributed by atoms with Gasteiger partial charge in [-0.3, -0.25) is 14.6 Å². The lowest BCUT2D eigenvalue weighted by Gasteiger charge is -2.32. The Morgan fingerprint density at radius 2 is 1.81 bits per heavy atom. The summed E-state index contributed by atoms with van der Waals surface area (Å²) in [6.45, 7) is 5.97. The van der Waals surface area contributed by atoms with Gasteiger partial charge >= 0.3 is 0 Å². The summed E-state index contributed by atoms with van der Waals surface area (Å²) in [5.74, 6) is 0.971. The third-order valence-electron chi connectivity index (χ3n) is 6.83. The molecule has 0 unspecified atom stereocenters. The number of amides is 2. The van der Waals surface area contributed by atoms with Gasteiger partial charge in [0.2, 0.25) is 0 Å². The number of para-hydroxylation sites is 2. The zero-order valence-electron chi connectivity index (χ0n) is 21.2. The van der Waals surface area contributed by atoms with Gasteiger partial charge in [0.1, 0.15) is 11.3 Å². The number of nitrogens with zero attached hydrogens (tertiary/aromatic N) is 2. The molecule has 7 heteroatoms. The summed E-state index contributed by atoms with van der Waals surface area (Å²) in [6.07, 6.45) is 1.46. The molecule has 5 rings (SSSR count).